The number of hydrogen-bond donors (Lipinski definition) is 6. The second-order valence-electron chi connectivity index (χ2n) is 22.0. The molecule has 24 heteroatoms. The number of amides is 8. The Kier molecular flexibility index (Phi) is 32.5. The van der Waals surface area contributed by atoms with Gasteiger partial charge in [0.15, 0.2) is 0 Å². The number of carbonyl (C=O) groups is 8. The Morgan fingerprint density at radius 1 is 0.810 bits per heavy atom. The van der Waals surface area contributed by atoms with Gasteiger partial charge < -0.3 is 49.6 Å². The number of thiazole rings is 1. The van der Waals surface area contributed by atoms with Gasteiger partial charge in [-0.1, -0.05) is 79.9 Å². The van der Waals surface area contributed by atoms with Crippen molar-refractivity contribution in [3.8, 4) is 5.75 Å². The number of nitrogens with zero attached hydrogens (tertiary/aromatic N) is 4. The van der Waals surface area contributed by atoms with Gasteiger partial charge in [0.2, 0.25) is 23.6 Å². The number of piperidine rings is 1. The first-order valence-corrected chi connectivity index (χ1v) is 31.0. The van der Waals surface area contributed by atoms with E-state index in [2.05, 4.69) is 45.5 Å². The molecule has 0 saturated carbocycles. The Morgan fingerprint density at radius 3 is 2.13 bits per heavy atom. The maximum Gasteiger partial charge on any atom is 0.426 e. The molecule has 0 bridgehead atoms. The standard InChI is InChI=1S/C60H95N9O14S/c1-9-26-68(59(77)54(42(6)11-3)64-57(76)48-17-14-16-27-67(48)8)49(41(4)5)39-50(82-29-10-2)58-63-47(40-84-58)56(75)62-45(38-44-19-21-46(70)22-20-44)37-43(7)55(74)65-66-60(78)83-36-35-81-34-33-80-32-31-79-30-25-61-51(71)18-13-12-15-28-69-52(72)23-24-53(69)73/h19-24,40-43,45,48-50,54,70H,9-18,25-39H2,1-8H3,(H,61,71)(H,62,75)(H,64,76)(H,65,74)(H,66,78)/t42-,43-,45?,48+,49+,50+,54-/m0/s1. The third-order valence-electron chi connectivity index (χ3n) is 14.9. The topological polar surface area (TPSA) is 286 Å². The molecule has 1 fully saturated rings. The maximum absolute atomic E-state index is 14.8. The summed E-state index contributed by atoms with van der Waals surface area (Å²) in [5.41, 5.74) is 5.61. The van der Waals surface area contributed by atoms with Gasteiger partial charge in [0.1, 0.15) is 35.2 Å². The van der Waals surface area contributed by atoms with Gasteiger partial charge in [-0.3, -0.25) is 48.8 Å². The van der Waals surface area contributed by atoms with Crippen molar-refractivity contribution < 1.29 is 67.1 Å². The first-order valence-electron chi connectivity index (χ1n) is 30.1. The highest BCUT2D eigenvalue weighted by molar-refractivity contribution is 7.09. The van der Waals surface area contributed by atoms with Crippen LogP contribution in [0.3, 0.4) is 0 Å². The zero-order chi connectivity index (χ0) is 61.4. The third kappa shape index (κ3) is 24.9. The molecule has 2 aliphatic rings. The molecule has 0 radical (unpaired) electrons. The number of aromatic hydroxyl groups is 1. The number of phenols is 1. The van der Waals surface area contributed by atoms with E-state index in [0.717, 1.165) is 44.2 Å². The summed E-state index contributed by atoms with van der Waals surface area (Å²) < 4.78 is 28.1. The number of aromatic nitrogens is 1. The summed E-state index contributed by atoms with van der Waals surface area (Å²) in [6, 6.07) is 4.72. The Hall–Kier alpha value is -6.05. The zero-order valence-corrected chi connectivity index (χ0v) is 51.6. The van der Waals surface area contributed by atoms with Crippen molar-refractivity contribution >= 4 is 58.8 Å². The number of imide groups is 1. The molecule has 2 aliphatic heterocycles. The molecule has 0 spiro atoms. The second-order valence-corrected chi connectivity index (χ2v) is 22.8. The predicted octanol–water partition coefficient (Wildman–Crippen LogP) is 5.76. The summed E-state index contributed by atoms with van der Waals surface area (Å²) in [4.78, 5) is 114. The van der Waals surface area contributed by atoms with Crippen molar-refractivity contribution in [1.29, 1.82) is 0 Å². The Morgan fingerprint density at radius 2 is 1.49 bits per heavy atom. The minimum Gasteiger partial charge on any atom is -0.508 e. The van der Waals surface area contributed by atoms with E-state index in [1.807, 2.05) is 39.6 Å². The van der Waals surface area contributed by atoms with E-state index < -0.39 is 42.0 Å². The molecule has 4 rings (SSSR count). The average molecular weight is 1200 g/mol. The predicted molar refractivity (Wildman–Crippen MR) is 317 cm³/mol. The maximum atomic E-state index is 14.8. The monoisotopic (exact) mass is 1200 g/mol. The van der Waals surface area contributed by atoms with Crippen LogP contribution in [0.15, 0.2) is 41.8 Å². The molecule has 0 aliphatic carbocycles. The van der Waals surface area contributed by atoms with Crippen molar-refractivity contribution in [1.82, 2.24) is 46.5 Å². The van der Waals surface area contributed by atoms with Crippen molar-refractivity contribution in [2.45, 2.75) is 162 Å². The normalized spacial score (nSPS) is 16.6. The van der Waals surface area contributed by atoms with Crippen molar-refractivity contribution in [2.24, 2.45) is 17.8 Å². The molecule has 23 nitrogen and oxygen atoms in total. The number of hydrazine groups is 1. The molecule has 2 aromatic rings. The van der Waals surface area contributed by atoms with Crippen LogP contribution in [-0.2, 0) is 58.9 Å². The highest BCUT2D eigenvalue weighted by Gasteiger charge is 2.38. The van der Waals surface area contributed by atoms with Gasteiger partial charge in [-0.25, -0.2) is 15.2 Å². The van der Waals surface area contributed by atoms with Gasteiger partial charge in [-0.05, 0) is 94.5 Å². The van der Waals surface area contributed by atoms with Crippen molar-refractivity contribution in [3.05, 3.63) is 58.1 Å². The average Bonchev–Trinajstić information content (AvgIpc) is 4.12. The van der Waals surface area contributed by atoms with Gasteiger partial charge in [0.25, 0.3) is 17.7 Å². The van der Waals surface area contributed by atoms with Crippen LogP contribution < -0.4 is 26.8 Å². The largest absolute Gasteiger partial charge is 0.508 e. The summed E-state index contributed by atoms with van der Waals surface area (Å²) in [5, 5.41) is 21.3. The number of nitrogens with one attached hydrogen (secondary N) is 5. The number of carbonyl (C=O) groups excluding carboxylic acids is 8. The number of likely N-dealkylation sites (N-methyl/N-ethyl adjacent to an activating group) is 1. The van der Waals surface area contributed by atoms with E-state index in [-0.39, 0.29) is 97.7 Å². The molecule has 84 heavy (non-hydrogen) atoms. The number of likely N-dealkylation sites (tertiary alicyclic amines) is 1. The van der Waals surface area contributed by atoms with Gasteiger partial charge in [-0.15, -0.1) is 11.3 Å². The first kappa shape index (κ1) is 70.4. The van der Waals surface area contributed by atoms with Crippen molar-refractivity contribution in [3.63, 3.8) is 0 Å². The molecular weight excluding hydrogens is 1100 g/mol. The fraction of sp³-hybridized carbons (Fsp3) is 0.683. The second kappa shape index (κ2) is 38.8. The van der Waals surface area contributed by atoms with Gasteiger partial charge >= 0.3 is 6.09 Å². The smallest absolute Gasteiger partial charge is 0.426 e. The van der Waals surface area contributed by atoms with E-state index in [9.17, 15) is 43.5 Å². The fourth-order valence-corrected chi connectivity index (χ4v) is 10.7. The lowest BCUT2D eigenvalue weighted by molar-refractivity contribution is -0.143. The van der Waals surface area contributed by atoms with Crippen LogP contribution in [0, 0.1) is 17.8 Å². The van der Waals surface area contributed by atoms with Crippen LogP contribution in [0.4, 0.5) is 4.79 Å². The molecule has 1 aromatic carbocycles. The van der Waals surface area contributed by atoms with Gasteiger partial charge in [0.05, 0.1) is 45.7 Å². The number of hydrogen-bond acceptors (Lipinski definition) is 17. The Balaban J connectivity index is 1.21. The van der Waals surface area contributed by atoms with E-state index in [4.69, 9.17) is 28.7 Å². The number of unbranched alkanes of at least 4 members (excludes halogenated alkanes) is 2. The Bertz CT molecular complexity index is 2370. The lowest BCUT2D eigenvalue weighted by Crippen LogP contribution is -2.58. The molecular formula is C60H95N9O14S. The van der Waals surface area contributed by atoms with Crippen LogP contribution in [0.25, 0.3) is 0 Å². The minimum atomic E-state index is -0.896. The van der Waals surface area contributed by atoms with Crippen LogP contribution in [0.1, 0.15) is 153 Å². The lowest BCUT2D eigenvalue weighted by atomic mass is 9.92. The summed E-state index contributed by atoms with van der Waals surface area (Å²) in [6.07, 6.45) is 9.22. The van der Waals surface area contributed by atoms with Crippen LogP contribution in [0.5, 0.6) is 5.75 Å². The minimum absolute atomic E-state index is 0.0114. The molecule has 1 unspecified atom stereocenters. The fourth-order valence-electron chi connectivity index (χ4n) is 9.86. The van der Waals surface area contributed by atoms with Gasteiger partial charge in [0, 0.05) is 74.6 Å². The molecule has 1 saturated heterocycles. The number of phenolic OH excluding ortho intramolecular Hbond substituents is 1. The highest BCUT2D eigenvalue weighted by Crippen LogP contribution is 2.32. The van der Waals surface area contributed by atoms with Crippen LogP contribution >= 0.6 is 11.3 Å². The summed E-state index contributed by atoms with van der Waals surface area (Å²) in [6.45, 7) is 17.8. The summed E-state index contributed by atoms with van der Waals surface area (Å²) >= 11 is 1.30. The van der Waals surface area contributed by atoms with E-state index in [1.165, 1.54) is 28.4 Å². The quantitative estimate of drug-likeness (QED) is 0.0263. The van der Waals surface area contributed by atoms with Crippen LogP contribution in [-0.4, -0.2) is 182 Å². The highest BCUT2D eigenvalue weighted by atomic mass is 32.1. The van der Waals surface area contributed by atoms with E-state index in [0.29, 0.717) is 96.0 Å². The number of ether oxygens (including phenoxy) is 5. The SMILES string of the molecule is CCCO[C@H](C[C@H](C(C)C)N(CCC)C(=O)[C@@H](NC(=O)[C@H]1CCCCN1C)[C@@H](C)CC)c1nc(C(=O)NC(Cc2ccc(O)cc2)C[C@H](C)C(=O)NNC(=O)OCCOCCOCCOCCNC(=O)CCCCCN2C(=O)C=CC2=O)cs1. The first-order chi connectivity index (χ1) is 40.4. The Labute approximate surface area is 500 Å². The summed E-state index contributed by atoms with van der Waals surface area (Å²) in [7, 11) is 1.96. The molecule has 3 heterocycles. The third-order valence-corrected chi connectivity index (χ3v) is 15.8. The number of rotatable bonds is 40. The van der Waals surface area contributed by atoms with E-state index in [1.54, 1.807) is 36.6 Å². The molecule has 6 N–H and O–H groups in total. The summed E-state index contributed by atoms with van der Waals surface area (Å²) in [5.74, 6) is -2.63. The van der Waals surface area contributed by atoms with Crippen LogP contribution in [0.2, 0.25) is 0 Å². The number of benzene rings is 1. The zero-order valence-electron chi connectivity index (χ0n) is 50.8. The molecule has 7 atom stereocenters. The van der Waals surface area contributed by atoms with E-state index >= 15 is 0 Å². The molecule has 1 aromatic heterocycles. The molecule has 8 amide bonds. The lowest BCUT2D eigenvalue weighted by Gasteiger charge is -2.40. The van der Waals surface area contributed by atoms with Gasteiger partial charge in [-0.2, -0.15) is 0 Å². The van der Waals surface area contributed by atoms with Crippen molar-refractivity contribution in [2.75, 3.05) is 86.1 Å². The molecule has 470 valence electrons.